The highest BCUT2D eigenvalue weighted by atomic mass is 79.9. The molecule has 0 saturated heterocycles. The summed E-state index contributed by atoms with van der Waals surface area (Å²) < 4.78 is 31.1. The van der Waals surface area contributed by atoms with E-state index in [0.717, 1.165) is 15.6 Å². The standard InChI is InChI=1S/C22H22BrFN2O3/c1-27-20-10-9-19(23)18(14-25-12-13-28-21-4-2-3-11-26-21)22(20)29-15-16-5-7-17(24)8-6-16/h2-11,25H,12-15H2,1H3. The smallest absolute Gasteiger partial charge is 0.213 e. The molecule has 0 bridgehead atoms. The van der Waals surface area contributed by atoms with Gasteiger partial charge in [-0.05, 0) is 35.9 Å². The number of pyridine rings is 1. The van der Waals surface area contributed by atoms with E-state index in [1.165, 1.54) is 12.1 Å². The summed E-state index contributed by atoms with van der Waals surface area (Å²) >= 11 is 3.59. The number of nitrogens with one attached hydrogen (secondary N) is 1. The van der Waals surface area contributed by atoms with Crippen molar-refractivity contribution in [3.05, 3.63) is 82.2 Å². The molecule has 0 atom stereocenters. The first kappa shape index (κ1) is 21.1. The van der Waals surface area contributed by atoms with Crippen molar-refractivity contribution in [1.29, 1.82) is 0 Å². The average Bonchev–Trinajstić information content (AvgIpc) is 2.75. The predicted octanol–water partition coefficient (Wildman–Crippen LogP) is 4.74. The molecule has 0 fully saturated rings. The zero-order valence-electron chi connectivity index (χ0n) is 16.0. The van der Waals surface area contributed by atoms with Crippen LogP contribution in [0.2, 0.25) is 0 Å². The zero-order valence-corrected chi connectivity index (χ0v) is 17.6. The Kier molecular flexibility index (Phi) is 7.84. The van der Waals surface area contributed by atoms with Gasteiger partial charge in [0.1, 0.15) is 19.0 Å². The first-order valence-electron chi connectivity index (χ1n) is 9.14. The molecule has 3 aromatic rings. The maximum absolute atomic E-state index is 13.1. The van der Waals surface area contributed by atoms with E-state index < -0.39 is 0 Å². The Morgan fingerprint density at radius 1 is 1.03 bits per heavy atom. The average molecular weight is 461 g/mol. The Morgan fingerprint density at radius 3 is 2.59 bits per heavy atom. The van der Waals surface area contributed by atoms with Gasteiger partial charge in [-0.1, -0.05) is 34.1 Å². The number of ether oxygens (including phenoxy) is 3. The lowest BCUT2D eigenvalue weighted by molar-refractivity contribution is 0.278. The minimum Gasteiger partial charge on any atom is -0.493 e. The van der Waals surface area contributed by atoms with Crippen molar-refractivity contribution in [1.82, 2.24) is 10.3 Å². The van der Waals surface area contributed by atoms with Crippen LogP contribution in [-0.4, -0.2) is 25.2 Å². The summed E-state index contributed by atoms with van der Waals surface area (Å²) in [5.41, 5.74) is 1.81. The highest BCUT2D eigenvalue weighted by Gasteiger charge is 2.15. The van der Waals surface area contributed by atoms with Crippen LogP contribution >= 0.6 is 15.9 Å². The normalized spacial score (nSPS) is 10.6. The number of nitrogens with zero attached hydrogens (tertiary/aromatic N) is 1. The molecule has 0 radical (unpaired) electrons. The minimum absolute atomic E-state index is 0.272. The Balaban J connectivity index is 1.61. The maximum atomic E-state index is 13.1. The number of benzene rings is 2. The zero-order chi connectivity index (χ0) is 20.5. The Labute approximate surface area is 178 Å². The molecule has 0 aliphatic rings. The third kappa shape index (κ3) is 6.17. The van der Waals surface area contributed by atoms with Gasteiger partial charge in [-0.2, -0.15) is 0 Å². The molecule has 0 aliphatic heterocycles. The summed E-state index contributed by atoms with van der Waals surface area (Å²) in [5, 5.41) is 3.34. The lowest BCUT2D eigenvalue weighted by Crippen LogP contribution is -2.21. The number of rotatable bonds is 10. The van der Waals surface area contributed by atoms with Gasteiger partial charge in [-0.25, -0.2) is 9.37 Å². The fraction of sp³-hybridized carbons (Fsp3) is 0.227. The van der Waals surface area contributed by atoms with E-state index in [1.54, 1.807) is 25.4 Å². The summed E-state index contributed by atoms with van der Waals surface area (Å²) in [7, 11) is 1.60. The molecule has 0 spiro atoms. The Hall–Kier alpha value is -2.64. The van der Waals surface area contributed by atoms with E-state index in [9.17, 15) is 4.39 Å². The summed E-state index contributed by atoms with van der Waals surface area (Å²) in [6.07, 6.45) is 1.70. The molecule has 0 amide bonds. The van der Waals surface area contributed by atoms with E-state index in [1.807, 2.05) is 30.3 Å². The summed E-state index contributed by atoms with van der Waals surface area (Å²) in [5.74, 6) is 1.60. The van der Waals surface area contributed by atoms with Gasteiger partial charge in [-0.3, -0.25) is 0 Å². The second kappa shape index (κ2) is 10.8. The molecular weight excluding hydrogens is 439 g/mol. The first-order chi connectivity index (χ1) is 14.2. The van der Waals surface area contributed by atoms with E-state index in [-0.39, 0.29) is 5.82 Å². The highest BCUT2D eigenvalue weighted by molar-refractivity contribution is 9.10. The quantitative estimate of drug-likeness (QED) is 0.442. The second-order valence-electron chi connectivity index (χ2n) is 6.17. The third-order valence-corrected chi connectivity index (χ3v) is 4.89. The van der Waals surface area contributed by atoms with Crippen LogP contribution in [0.3, 0.4) is 0 Å². The molecule has 0 saturated carbocycles. The van der Waals surface area contributed by atoms with Crippen LogP contribution in [0.25, 0.3) is 0 Å². The van der Waals surface area contributed by atoms with Gasteiger partial charge in [0.2, 0.25) is 5.88 Å². The molecule has 0 unspecified atom stereocenters. The molecule has 7 heteroatoms. The van der Waals surface area contributed by atoms with Crippen molar-refractivity contribution in [2.45, 2.75) is 13.2 Å². The van der Waals surface area contributed by atoms with Gasteiger partial charge in [0.15, 0.2) is 11.5 Å². The Morgan fingerprint density at radius 2 is 1.86 bits per heavy atom. The topological polar surface area (TPSA) is 52.6 Å². The highest BCUT2D eigenvalue weighted by Crippen LogP contribution is 2.36. The first-order valence-corrected chi connectivity index (χ1v) is 9.94. The van der Waals surface area contributed by atoms with Crippen LogP contribution in [0, 0.1) is 5.82 Å². The van der Waals surface area contributed by atoms with Crippen molar-refractivity contribution in [3.63, 3.8) is 0 Å². The van der Waals surface area contributed by atoms with Crippen molar-refractivity contribution in [2.75, 3.05) is 20.3 Å². The number of halogens is 2. The number of methoxy groups -OCH3 is 1. The van der Waals surface area contributed by atoms with Crippen LogP contribution in [-0.2, 0) is 13.2 Å². The van der Waals surface area contributed by atoms with Crippen LogP contribution in [0.15, 0.2) is 65.3 Å². The third-order valence-electron chi connectivity index (χ3n) is 4.15. The van der Waals surface area contributed by atoms with E-state index in [2.05, 4.69) is 26.2 Å². The van der Waals surface area contributed by atoms with Crippen molar-refractivity contribution in [2.24, 2.45) is 0 Å². The monoisotopic (exact) mass is 460 g/mol. The van der Waals surface area contributed by atoms with Gasteiger partial charge in [0.05, 0.1) is 7.11 Å². The lowest BCUT2D eigenvalue weighted by Gasteiger charge is -2.17. The molecule has 152 valence electrons. The van der Waals surface area contributed by atoms with Gasteiger partial charge in [0, 0.05) is 35.4 Å². The molecular formula is C22H22BrFN2O3. The fourth-order valence-corrected chi connectivity index (χ4v) is 3.13. The fourth-order valence-electron chi connectivity index (χ4n) is 2.68. The second-order valence-corrected chi connectivity index (χ2v) is 7.02. The van der Waals surface area contributed by atoms with E-state index in [4.69, 9.17) is 14.2 Å². The summed E-state index contributed by atoms with van der Waals surface area (Å²) in [4.78, 5) is 4.13. The van der Waals surface area contributed by atoms with Crippen molar-refractivity contribution < 1.29 is 18.6 Å². The van der Waals surface area contributed by atoms with Crippen LogP contribution in [0.1, 0.15) is 11.1 Å². The number of aromatic nitrogens is 1. The van der Waals surface area contributed by atoms with E-state index in [0.29, 0.717) is 43.7 Å². The molecule has 0 aliphatic carbocycles. The van der Waals surface area contributed by atoms with Crippen LogP contribution in [0.5, 0.6) is 17.4 Å². The molecule has 1 aromatic heterocycles. The predicted molar refractivity (Wildman–Crippen MR) is 113 cm³/mol. The largest absolute Gasteiger partial charge is 0.493 e. The van der Waals surface area contributed by atoms with Crippen molar-refractivity contribution >= 4 is 15.9 Å². The van der Waals surface area contributed by atoms with Crippen molar-refractivity contribution in [3.8, 4) is 17.4 Å². The summed E-state index contributed by atoms with van der Waals surface area (Å²) in [6, 6.07) is 15.6. The maximum Gasteiger partial charge on any atom is 0.213 e. The molecule has 2 aromatic carbocycles. The van der Waals surface area contributed by atoms with Gasteiger partial charge in [0.25, 0.3) is 0 Å². The molecule has 3 rings (SSSR count). The van der Waals surface area contributed by atoms with Gasteiger partial charge >= 0.3 is 0 Å². The SMILES string of the molecule is COc1ccc(Br)c(CNCCOc2ccccn2)c1OCc1ccc(F)cc1. The molecule has 1 N–H and O–H groups in total. The molecule has 5 nitrogen and oxygen atoms in total. The molecule has 1 heterocycles. The van der Waals surface area contributed by atoms with Gasteiger partial charge < -0.3 is 19.5 Å². The lowest BCUT2D eigenvalue weighted by atomic mass is 10.1. The van der Waals surface area contributed by atoms with E-state index >= 15 is 0 Å². The van der Waals surface area contributed by atoms with Crippen LogP contribution in [0.4, 0.5) is 4.39 Å². The minimum atomic E-state index is -0.272. The number of hydrogen-bond donors (Lipinski definition) is 1. The number of hydrogen-bond acceptors (Lipinski definition) is 5. The Bertz CT molecular complexity index is 908. The molecule has 29 heavy (non-hydrogen) atoms. The van der Waals surface area contributed by atoms with Gasteiger partial charge in [-0.15, -0.1) is 0 Å². The van der Waals surface area contributed by atoms with Crippen LogP contribution < -0.4 is 19.5 Å². The summed E-state index contributed by atoms with van der Waals surface area (Å²) in [6.45, 7) is 1.99.